The first-order valence-corrected chi connectivity index (χ1v) is 9.82. The molecule has 1 amide bonds. The highest BCUT2D eigenvalue weighted by Crippen LogP contribution is 2.38. The van der Waals surface area contributed by atoms with Crippen LogP contribution in [0.1, 0.15) is 15.9 Å². The molecule has 31 heavy (non-hydrogen) atoms. The lowest BCUT2D eigenvalue weighted by molar-refractivity contribution is 0.0602. The van der Waals surface area contributed by atoms with Gasteiger partial charge in [-0.15, -0.1) is 0 Å². The zero-order valence-electron chi connectivity index (χ0n) is 15.5. The topological polar surface area (TPSA) is 103 Å². The van der Waals surface area contributed by atoms with Gasteiger partial charge < -0.3 is 9.26 Å². The average molecular weight is 503 g/mol. The van der Waals surface area contributed by atoms with Crippen molar-refractivity contribution in [1.29, 1.82) is 0 Å². The molecule has 0 atom stereocenters. The van der Waals surface area contributed by atoms with E-state index < -0.39 is 12.1 Å². The lowest BCUT2D eigenvalue weighted by atomic mass is 10.1. The number of hydrogen-bond donors (Lipinski definition) is 1. The van der Waals surface area contributed by atoms with E-state index in [1.54, 1.807) is 36.4 Å². The molecule has 0 aliphatic carbocycles. The molecule has 1 aromatic heterocycles. The molecule has 0 fully saturated rings. The van der Waals surface area contributed by atoms with Gasteiger partial charge in [0.15, 0.2) is 5.56 Å². The summed E-state index contributed by atoms with van der Waals surface area (Å²) in [4.78, 5) is 29.1. The zero-order valence-corrected chi connectivity index (χ0v) is 18.5. The minimum Gasteiger partial charge on any atom is -0.465 e. The van der Waals surface area contributed by atoms with Gasteiger partial charge >= 0.3 is 12.1 Å². The Morgan fingerprint density at radius 2 is 1.61 bits per heavy atom. The minimum atomic E-state index is -1.09. The van der Waals surface area contributed by atoms with Crippen LogP contribution in [-0.4, -0.2) is 30.5 Å². The second kappa shape index (κ2) is 10.0. The monoisotopic (exact) mass is 501 g/mol. The summed E-state index contributed by atoms with van der Waals surface area (Å²) in [6.07, 6.45) is 0.0680. The third-order valence-electron chi connectivity index (χ3n) is 3.81. The minimum absolute atomic E-state index is 0.0240. The molecule has 8 nitrogen and oxygen atoms in total. The number of ether oxygens (including phenoxy) is 1. The van der Waals surface area contributed by atoms with Crippen molar-refractivity contribution in [2.24, 2.45) is 5.16 Å². The quantitative estimate of drug-likeness (QED) is 0.189. The number of carbonyl (C=O) groups excluding carboxylic acids is 2. The first-order chi connectivity index (χ1) is 14.8. The Kier molecular flexibility index (Phi) is 7.40. The Labute approximate surface area is 195 Å². The van der Waals surface area contributed by atoms with Gasteiger partial charge in [-0.2, -0.15) is 0 Å². The number of oxime groups is 1. The highest BCUT2D eigenvalue weighted by molar-refractivity contribution is 6.39. The van der Waals surface area contributed by atoms with E-state index in [-0.39, 0.29) is 32.8 Å². The number of nitrogens with one attached hydrogen (secondary N) is 1. The number of esters is 1. The molecule has 12 heteroatoms. The van der Waals surface area contributed by atoms with E-state index in [4.69, 9.17) is 60.5 Å². The molecular weight excluding hydrogens is 492 g/mol. The van der Waals surface area contributed by atoms with E-state index in [2.05, 4.69) is 15.6 Å². The summed E-state index contributed by atoms with van der Waals surface area (Å²) in [5, 5.41) is 10.6. The zero-order chi connectivity index (χ0) is 22.5. The molecule has 0 spiro atoms. The summed E-state index contributed by atoms with van der Waals surface area (Å²) in [5.74, 6) is -1.21. The summed E-state index contributed by atoms with van der Waals surface area (Å²) in [6, 6.07) is 9.55. The lowest BCUT2D eigenvalue weighted by Crippen LogP contribution is -2.14. The van der Waals surface area contributed by atoms with Gasteiger partial charge in [-0.05, 0) is 24.3 Å². The maximum Gasteiger partial charge on any atom is 0.440 e. The maximum atomic E-state index is 12.3. The summed E-state index contributed by atoms with van der Waals surface area (Å²) >= 11 is 24.4. The molecule has 0 saturated carbocycles. The summed E-state index contributed by atoms with van der Waals surface area (Å²) in [5.41, 5.74) is 0.337. The number of halogens is 4. The van der Waals surface area contributed by atoms with Crippen molar-refractivity contribution >= 4 is 70.6 Å². The van der Waals surface area contributed by atoms with Crippen LogP contribution in [0, 0.1) is 0 Å². The highest BCUT2D eigenvalue weighted by Gasteiger charge is 2.29. The van der Waals surface area contributed by atoms with Crippen molar-refractivity contribution in [2.75, 3.05) is 12.4 Å². The van der Waals surface area contributed by atoms with Crippen LogP contribution in [0.4, 0.5) is 10.7 Å². The Bertz CT molecular complexity index is 1140. The third kappa shape index (κ3) is 5.11. The van der Waals surface area contributed by atoms with E-state index in [0.717, 1.165) is 13.3 Å². The van der Waals surface area contributed by atoms with E-state index in [9.17, 15) is 9.59 Å². The Hall–Kier alpha value is -2.78. The van der Waals surface area contributed by atoms with E-state index in [1.165, 1.54) is 0 Å². The van der Waals surface area contributed by atoms with Crippen molar-refractivity contribution in [2.45, 2.75) is 0 Å². The second-order valence-electron chi connectivity index (χ2n) is 5.70. The molecule has 1 N–H and O–H groups in total. The van der Waals surface area contributed by atoms with Gasteiger partial charge in [-0.1, -0.05) is 68.8 Å². The van der Waals surface area contributed by atoms with Gasteiger partial charge in [0, 0.05) is 11.1 Å². The predicted molar refractivity (Wildman–Crippen MR) is 117 cm³/mol. The predicted octanol–water partition coefficient (Wildman–Crippen LogP) is 6.32. The molecule has 0 aliphatic rings. The van der Waals surface area contributed by atoms with Crippen molar-refractivity contribution in [3.63, 3.8) is 0 Å². The first-order valence-electron chi connectivity index (χ1n) is 8.31. The molecule has 2 aromatic carbocycles. The number of methoxy groups -OCH3 is 1. The Morgan fingerprint density at radius 3 is 2.19 bits per heavy atom. The molecular formula is C19H11Cl4N3O5. The first kappa shape index (κ1) is 22.9. The fraction of sp³-hybridized carbons (Fsp3) is 0.0526. The van der Waals surface area contributed by atoms with E-state index in [0.29, 0.717) is 15.6 Å². The van der Waals surface area contributed by atoms with Crippen LogP contribution in [0.3, 0.4) is 0 Å². The third-order valence-corrected chi connectivity index (χ3v) is 5.10. The van der Waals surface area contributed by atoms with Crippen LogP contribution >= 0.6 is 46.4 Å². The molecule has 3 aromatic rings. The Balaban J connectivity index is 1.85. The number of aromatic nitrogens is 1. The van der Waals surface area contributed by atoms with Crippen LogP contribution in [0.15, 0.2) is 46.1 Å². The van der Waals surface area contributed by atoms with Crippen LogP contribution in [0.25, 0.3) is 11.3 Å². The van der Waals surface area contributed by atoms with Gasteiger partial charge in [0.25, 0.3) is 0 Å². The molecule has 0 unspecified atom stereocenters. The number of rotatable bonds is 5. The molecule has 160 valence electrons. The highest BCUT2D eigenvalue weighted by atomic mass is 35.5. The van der Waals surface area contributed by atoms with Crippen LogP contribution in [-0.2, 0) is 9.57 Å². The molecule has 0 radical (unpaired) electrons. The number of anilines is 1. The Morgan fingerprint density at radius 1 is 1.03 bits per heavy atom. The summed E-state index contributed by atoms with van der Waals surface area (Å²) in [7, 11) is 1.15. The van der Waals surface area contributed by atoms with Gasteiger partial charge in [0.2, 0.25) is 5.88 Å². The smallest absolute Gasteiger partial charge is 0.440 e. The fourth-order valence-electron chi connectivity index (χ4n) is 2.44. The standard InChI is InChI=1S/C19H11Cl4N3O5/c1-29-18(27)15-16(14-12(22)6-3-7-13(14)23)26-30-17(15)25-19(28)31-24-8-9-10(20)4-2-5-11(9)21/h2-8H,1H3,(H,25,28). The van der Waals surface area contributed by atoms with Crippen molar-refractivity contribution in [3.8, 4) is 11.3 Å². The van der Waals surface area contributed by atoms with Crippen molar-refractivity contribution < 1.29 is 23.7 Å². The van der Waals surface area contributed by atoms with Crippen LogP contribution in [0.2, 0.25) is 20.1 Å². The number of hydrogen-bond acceptors (Lipinski definition) is 7. The van der Waals surface area contributed by atoms with Gasteiger partial charge in [0.05, 0.1) is 33.4 Å². The summed E-state index contributed by atoms with van der Waals surface area (Å²) in [6.45, 7) is 0. The number of amides is 1. The fourth-order valence-corrected chi connectivity index (χ4v) is 3.51. The van der Waals surface area contributed by atoms with Crippen molar-refractivity contribution in [1.82, 2.24) is 5.16 Å². The van der Waals surface area contributed by atoms with Gasteiger partial charge in [0.1, 0.15) is 5.69 Å². The van der Waals surface area contributed by atoms with Crippen LogP contribution < -0.4 is 5.32 Å². The average Bonchev–Trinajstić information content (AvgIpc) is 3.12. The molecule has 0 saturated heterocycles. The van der Waals surface area contributed by atoms with E-state index in [1.807, 2.05) is 0 Å². The van der Waals surface area contributed by atoms with Gasteiger partial charge in [-0.25, -0.2) is 9.59 Å². The number of carbonyl (C=O) groups is 2. The molecule has 3 rings (SSSR count). The maximum absolute atomic E-state index is 12.3. The normalized spacial score (nSPS) is 10.9. The lowest BCUT2D eigenvalue weighted by Gasteiger charge is -2.06. The van der Waals surface area contributed by atoms with Gasteiger partial charge in [-0.3, -0.25) is 10.2 Å². The largest absolute Gasteiger partial charge is 0.465 e. The van der Waals surface area contributed by atoms with Crippen LogP contribution in [0.5, 0.6) is 0 Å². The number of nitrogens with zero attached hydrogens (tertiary/aromatic N) is 2. The molecule has 1 heterocycles. The number of benzene rings is 2. The molecule has 0 bridgehead atoms. The SMILES string of the molecule is COC(=O)c1c(-c2c(Cl)cccc2Cl)noc1NC(=O)ON=Cc1c(Cl)cccc1Cl. The summed E-state index contributed by atoms with van der Waals surface area (Å²) < 4.78 is 9.83. The van der Waals surface area contributed by atoms with Crippen molar-refractivity contribution in [3.05, 3.63) is 67.6 Å². The molecule has 0 aliphatic heterocycles. The van der Waals surface area contributed by atoms with E-state index >= 15 is 0 Å². The second-order valence-corrected chi connectivity index (χ2v) is 7.33.